The number of nitrogens with one attached hydrogen (secondary N) is 1. The molecular weight excluding hydrogens is 478 g/mol. The van der Waals surface area contributed by atoms with Gasteiger partial charge in [0, 0.05) is 49.8 Å². The van der Waals surface area contributed by atoms with Crippen LogP contribution in [0.4, 0.5) is 29.0 Å². The fraction of sp³-hybridized carbons (Fsp3) is 0.483. The molecule has 0 bridgehead atoms. The maximum atomic E-state index is 5.73. The minimum absolute atomic E-state index is 0.143. The minimum Gasteiger partial charge on any atom is -0.497 e. The summed E-state index contributed by atoms with van der Waals surface area (Å²) in [7, 11) is 1.69. The molecule has 2 aromatic carbocycles. The highest BCUT2D eigenvalue weighted by Gasteiger charge is 2.35. The second-order valence-electron chi connectivity index (χ2n) is 10.1. The number of hydrogen-bond acceptors (Lipinski definition) is 9. The highest BCUT2D eigenvalue weighted by atomic mass is 16.5. The Kier molecular flexibility index (Phi) is 8.44. The molecule has 204 valence electrons. The topological polar surface area (TPSA) is 78.9 Å². The summed E-state index contributed by atoms with van der Waals surface area (Å²) in [4.78, 5) is 21.0. The zero-order valence-corrected chi connectivity index (χ0v) is 23.8. The van der Waals surface area contributed by atoms with Crippen LogP contribution in [0.5, 0.6) is 11.8 Å². The molecule has 0 aliphatic carbocycles. The van der Waals surface area contributed by atoms with Crippen LogP contribution in [0.3, 0.4) is 0 Å². The van der Waals surface area contributed by atoms with Gasteiger partial charge >= 0.3 is 6.01 Å². The van der Waals surface area contributed by atoms with Crippen molar-refractivity contribution in [3.8, 4) is 11.8 Å². The third-order valence-electron chi connectivity index (χ3n) is 7.03. The molecule has 0 saturated carbocycles. The Morgan fingerprint density at radius 3 is 2.32 bits per heavy atom. The number of piperazine rings is 1. The number of ether oxygens (including phenoxy) is 2. The van der Waals surface area contributed by atoms with E-state index >= 15 is 0 Å². The van der Waals surface area contributed by atoms with E-state index in [1.807, 2.05) is 19.1 Å². The lowest BCUT2D eigenvalue weighted by molar-refractivity contribution is 0.311. The lowest BCUT2D eigenvalue weighted by Crippen LogP contribution is -2.60. The Bertz CT molecular complexity index is 1210. The van der Waals surface area contributed by atoms with Gasteiger partial charge in [-0.05, 0) is 89.6 Å². The first-order valence-electron chi connectivity index (χ1n) is 13.5. The largest absolute Gasteiger partial charge is 0.497 e. The Balaban J connectivity index is 1.56. The van der Waals surface area contributed by atoms with Gasteiger partial charge in [0.25, 0.3) is 0 Å². The summed E-state index contributed by atoms with van der Waals surface area (Å²) in [6.07, 6.45) is 0. The number of methoxy groups -OCH3 is 1. The van der Waals surface area contributed by atoms with Crippen LogP contribution in [-0.2, 0) is 0 Å². The first kappa shape index (κ1) is 27.3. The molecule has 1 saturated heterocycles. The Morgan fingerprint density at radius 1 is 0.974 bits per heavy atom. The number of benzene rings is 2. The van der Waals surface area contributed by atoms with Gasteiger partial charge < -0.3 is 29.5 Å². The normalized spacial score (nSPS) is 14.8. The van der Waals surface area contributed by atoms with Gasteiger partial charge in [0.1, 0.15) is 5.75 Å². The molecule has 1 aliphatic heterocycles. The van der Waals surface area contributed by atoms with E-state index in [4.69, 9.17) is 14.5 Å². The number of nitrogens with zero attached hydrogens (tertiary/aromatic N) is 6. The number of aryl methyl sites for hydroxylation is 1. The van der Waals surface area contributed by atoms with Crippen molar-refractivity contribution < 1.29 is 9.47 Å². The minimum atomic E-state index is -0.143. The quantitative estimate of drug-likeness (QED) is 0.385. The lowest BCUT2D eigenvalue weighted by Gasteiger charge is -2.48. The van der Waals surface area contributed by atoms with Crippen molar-refractivity contribution >= 4 is 29.0 Å². The molecule has 0 radical (unpaired) electrons. The van der Waals surface area contributed by atoms with E-state index in [0.29, 0.717) is 24.5 Å². The Hall–Kier alpha value is -3.75. The van der Waals surface area contributed by atoms with E-state index < -0.39 is 0 Å². The second kappa shape index (κ2) is 11.8. The first-order valence-corrected chi connectivity index (χ1v) is 13.5. The van der Waals surface area contributed by atoms with Crippen LogP contribution < -0.4 is 29.5 Å². The van der Waals surface area contributed by atoms with Crippen LogP contribution in [0.15, 0.2) is 42.5 Å². The van der Waals surface area contributed by atoms with Crippen LogP contribution in [0.2, 0.25) is 0 Å². The molecular formula is C29H41N7O2. The Labute approximate surface area is 226 Å². The van der Waals surface area contributed by atoms with Gasteiger partial charge in [-0.1, -0.05) is 0 Å². The number of hydrogen-bond donors (Lipinski definition) is 1. The van der Waals surface area contributed by atoms with E-state index in [1.54, 1.807) is 7.11 Å². The van der Waals surface area contributed by atoms with Crippen molar-refractivity contribution in [1.82, 2.24) is 15.0 Å². The lowest BCUT2D eigenvalue weighted by atomic mass is 9.98. The third-order valence-corrected chi connectivity index (χ3v) is 7.03. The summed E-state index contributed by atoms with van der Waals surface area (Å²) in [6, 6.07) is 15.0. The molecule has 4 rings (SSSR count). The summed E-state index contributed by atoms with van der Waals surface area (Å²) in [5.41, 5.74) is 4.33. The van der Waals surface area contributed by atoms with E-state index in [1.165, 1.54) is 11.4 Å². The second-order valence-corrected chi connectivity index (χ2v) is 10.1. The summed E-state index contributed by atoms with van der Waals surface area (Å²) < 4.78 is 11.1. The van der Waals surface area contributed by atoms with Gasteiger partial charge in [-0.25, -0.2) is 0 Å². The monoisotopic (exact) mass is 519 g/mol. The van der Waals surface area contributed by atoms with Crippen molar-refractivity contribution in [1.29, 1.82) is 0 Å². The van der Waals surface area contributed by atoms with Crippen LogP contribution in [-0.4, -0.2) is 66.9 Å². The number of aromatic nitrogens is 3. The van der Waals surface area contributed by atoms with E-state index in [2.05, 4.69) is 94.9 Å². The number of rotatable bonds is 10. The molecule has 0 spiro atoms. The average molecular weight is 520 g/mol. The van der Waals surface area contributed by atoms with Crippen LogP contribution >= 0.6 is 0 Å². The summed E-state index contributed by atoms with van der Waals surface area (Å²) in [5.74, 6) is 1.95. The van der Waals surface area contributed by atoms with Crippen LogP contribution in [0, 0.1) is 6.92 Å². The maximum absolute atomic E-state index is 5.73. The molecule has 1 aliphatic rings. The molecule has 0 atom stereocenters. The molecule has 0 amide bonds. The predicted molar refractivity (Wildman–Crippen MR) is 156 cm³/mol. The third kappa shape index (κ3) is 6.03. The average Bonchev–Trinajstić information content (AvgIpc) is 2.90. The Morgan fingerprint density at radius 2 is 1.71 bits per heavy atom. The molecule has 3 aromatic rings. The van der Waals surface area contributed by atoms with Crippen molar-refractivity contribution in [2.24, 2.45) is 0 Å². The molecule has 9 nitrogen and oxygen atoms in total. The summed E-state index contributed by atoms with van der Waals surface area (Å²) in [6.45, 7) is 17.7. The van der Waals surface area contributed by atoms with E-state index in [-0.39, 0.29) is 5.54 Å². The predicted octanol–water partition coefficient (Wildman–Crippen LogP) is 5.28. The van der Waals surface area contributed by atoms with Crippen molar-refractivity contribution in [2.45, 2.75) is 47.1 Å². The van der Waals surface area contributed by atoms with Crippen molar-refractivity contribution in [2.75, 3.05) is 66.5 Å². The van der Waals surface area contributed by atoms with Gasteiger partial charge in [0.05, 0.1) is 19.3 Å². The molecule has 1 aromatic heterocycles. The van der Waals surface area contributed by atoms with Gasteiger partial charge in [0.15, 0.2) is 0 Å². The molecule has 38 heavy (non-hydrogen) atoms. The fourth-order valence-electron chi connectivity index (χ4n) is 5.00. The molecule has 9 heteroatoms. The smallest absolute Gasteiger partial charge is 0.323 e. The summed E-state index contributed by atoms with van der Waals surface area (Å²) >= 11 is 0. The van der Waals surface area contributed by atoms with Crippen molar-refractivity contribution in [3.05, 3.63) is 48.0 Å². The van der Waals surface area contributed by atoms with Crippen LogP contribution in [0.25, 0.3) is 0 Å². The van der Waals surface area contributed by atoms with E-state index in [0.717, 1.165) is 49.7 Å². The fourth-order valence-corrected chi connectivity index (χ4v) is 5.00. The van der Waals surface area contributed by atoms with Crippen molar-refractivity contribution in [3.63, 3.8) is 0 Å². The molecule has 0 unspecified atom stereocenters. The first-order chi connectivity index (χ1) is 18.3. The zero-order valence-electron chi connectivity index (χ0n) is 23.8. The van der Waals surface area contributed by atoms with E-state index in [9.17, 15) is 0 Å². The molecule has 1 fully saturated rings. The SMILES string of the molecule is CCOc1nc(Nc2ccc(N(CC)CC)cc2C)nc(N2CCN(c3ccc(OC)cc3)C(C)(C)C2)n1. The zero-order chi connectivity index (χ0) is 27.3. The van der Waals surface area contributed by atoms with Crippen LogP contribution in [0.1, 0.15) is 40.2 Å². The molecule has 1 N–H and O–H groups in total. The van der Waals surface area contributed by atoms with Gasteiger partial charge in [0.2, 0.25) is 11.9 Å². The van der Waals surface area contributed by atoms with Gasteiger partial charge in [-0.15, -0.1) is 0 Å². The number of anilines is 5. The van der Waals surface area contributed by atoms with Gasteiger partial charge in [-0.3, -0.25) is 0 Å². The standard InChI is InChI=1S/C29H41N7O2/c1-8-34(9-2)23-13-16-25(21(4)19-23)30-26-31-27(33-28(32-26)38-10-3)35-17-18-36(29(5,6)20-35)22-11-14-24(37-7)15-12-22/h11-16,19H,8-10,17-18,20H2,1-7H3,(H,30,31,32,33). The maximum Gasteiger partial charge on any atom is 0.323 e. The summed E-state index contributed by atoms with van der Waals surface area (Å²) in [5, 5.41) is 3.41. The molecule has 2 heterocycles. The van der Waals surface area contributed by atoms with Gasteiger partial charge in [-0.2, -0.15) is 15.0 Å². The highest BCUT2D eigenvalue weighted by Crippen LogP contribution is 2.32. The highest BCUT2D eigenvalue weighted by molar-refractivity contribution is 5.64.